The van der Waals surface area contributed by atoms with Crippen LogP contribution < -0.4 is 0 Å². The maximum absolute atomic E-state index is 9.80. The maximum atomic E-state index is 9.80. The second-order valence-corrected chi connectivity index (χ2v) is 4.24. The van der Waals surface area contributed by atoms with E-state index in [1.807, 2.05) is 37.3 Å². The number of fused-ring (bicyclic) bond motifs is 1. The van der Waals surface area contributed by atoms with E-state index in [9.17, 15) is 5.11 Å². The zero-order chi connectivity index (χ0) is 10.8. The molecule has 0 aliphatic carbocycles. The molecule has 2 rings (SSSR count). The van der Waals surface area contributed by atoms with Crippen molar-refractivity contribution in [3.05, 3.63) is 40.5 Å². The van der Waals surface area contributed by atoms with E-state index in [1.165, 1.54) is 0 Å². The van der Waals surface area contributed by atoms with Crippen LogP contribution in [0, 0.1) is 0 Å². The Morgan fingerprint density at radius 3 is 2.87 bits per heavy atom. The van der Waals surface area contributed by atoms with Crippen LogP contribution in [-0.2, 0) is 0 Å². The van der Waals surface area contributed by atoms with Gasteiger partial charge in [0.1, 0.15) is 4.60 Å². The molecule has 0 spiro atoms. The molecule has 2 aromatic rings. The van der Waals surface area contributed by atoms with E-state index in [4.69, 9.17) is 0 Å². The maximum Gasteiger partial charge on any atom is 0.112 e. The lowest BCUT2D eigenvalue weighted by molar-refractivity contribution is 0.172. The van der Waals surface area contributed by atoms with Gasteiger partial charge in [0.25, 0.3) is 0 Å². The number of pyridine rings is 1. The van der Waals surface area contributed by atoms with Gasteiger partial charge in [-0.2, -0.15) is 0 Å². The third kappa shape index (κ3) is 2.03. The largest absolute Gasteiger partial charge is 0.388 e. The van der Waals surface area contributed by atoms with E-state index in [1.54, 1.807) is 0 Å². The van der Waals surface area contributed by atoms with Gasteiger partial charge < -0.3 is 5.11 Å². The van der Waals surface area contributed by atoms with Gasteiger partial charge in [0, 0.05) is 10.9 Å². The normalized spacial score (nSPS) is 13.0. The van der Waals surface area contributed by atoms with Gasteiger partial charge in [-0.15, -0.1) is 0 Å². The molecule has 0 saturated heterocycles. The van der Waals surface area contributed by atoms with Crippen molar-refractivity contribution in [3.8, 4) is 0 Å². The highest BCUT2D eigenvalue weighted by Crippen LogP contribution is 2.27. The first-order chi connectivity index (χ1) is 7.22. The predicted molar refractivity (Wildman–Crippen MR) is 64.7 cm³/mol. The minimum atomic E-state index is -0.448. The van der Waals surface area contributed by atoms with Crippen molar-refractivity contribution in [1.82, 2.24) is 4.98 Å². The summed E-state index contributed by atoms with van der Waals surface area (Å²) in [6.45, 7) is 1.95. The van der Waals surface area contributed by atoms with Gasteiger partial charge in [0.05, 0.1) is 11.6 Å². The Morgan fingerprint density at radius 2 is 2.13 bits per heavy atom. The van der Waals surface area contributed by atoms with Gasteiger partial charge in [0.2, 0.25) is 0 Å². The number of aliphatic hydroxyl groups is 1. The number of aromatic nitrogens is 1. The molecule has 15 heavy (non-hydrogen) atoms. The van der Waals surface area contributed by atoms with Crippen LogP contribution in [0.2, 0.25) is 0 Å². The van der Waals surface area contributed by atoms with E-state index in [2.05, 4.69) is 20.9 Å². The SMILES string of the molecule is CCC(O)c1cc2ccccc2nc1Br. The average molecular weight is 266 g/mol. The molecule has 0 bridgehead atoms. The zero-order valence-corrected chi connectivity index (χ0v) is 10.0. The average Bonchev–Trinajstić information content (AvgIpc) is 2.27. The van der Waals surface area contributed by atoms with Gasteiger partial charge in [-0.05, 0) is 34.5 Å². The summed E-state index contributed by atoms with van der Waals surface area (Å²) in [5, 5.41) is 10.9. The molecule has 0 amide bonds. The smallest absolute Gasteiger partial charge is 0.112 e. The lowest BCUT2D eigenvalue weighted by Gasteiger charge is -2.10. The summed E-state index contributed by atoms with van der Waals surface area (Å²) in [5.74, 6) is 0. The summed E-state index contributed by atoms with van der Waals surface area (Å²) in [4.78, 5) is 4.40. The Labute approximate surface area is 97.1 Å². The van der Waals surface area contributed by atoms with E-state index in [0.29, 0.717) is 6.42 Å². The summed E-state index contributed by atoms with van der Waals surface area (Å²) in [6, 6.07) is 9.88. The highest BCUT2D eigenvalue weighted by Gasteiger charge is 2.11. The number of halogens is 1. The van der Waals surface area contributed by atoms with Crippen LogP contribution in [0.15, 0.2) is 34.9 Å². The lowest BCUT2D eigenvalue weighted by Crippen LogP contribution is -1.98. The highest BCUT2D eigenvalue weighted by atomic mass is 79.9. The molecule has 1 unspecified atom stereocenters. The van der Waals surface area contributed by atoms with Gasteiger partial charge in [-0.3, -0.25) is 0 Å². The van der Waals surface area contributed by atoms with E-state index >= 15 is 0 Å². The van der Waals surface area contributed by atoms with Crippen LogP contribution >= 0.6 is 15.9 Å². The zero-order valence-electron chi connectivity index (χ0n) is 8.44. The van der Waals surface area contributed by atoms with Gasteiger partial charge in [0.15, 0.2) is 0 Å². The van der Waals surface area contributed by atoms with Crippen LogP contribution in [0.1, 0.15) is 25.0 Å². The van der Waals surface area contributed by atoms with Crippen molar-refractivity contribution in [2.75, 3.05) is 0 Å². The second kappa shape index (κ2) is 4.29. The summed E-state index contributed by atoms with van der Waals surface area (Å²) in [7, 11) is 0. The minimum absolute atomic E-state index is 0.448. The van der Waals surface area contributed by atoms with Crippen molar-refractivity contribution in [2.24, 2.45) is 0 Å². The van der Waals surface area contributed by atoms with Gasteiger partial charge >= 0.3 is 0 Å². The molecular weight excluding hydrogens is 254 g/mol. The number of benzene rings is 1. The molecule has 1 atom stereocenters. The van der Waals surface area contributed by atoms with E-state index in [0.717, 1.165) is 21.1 Å². The number of hydrogen-bond acceptors (Lipinski definition) is 2. The van der Waals surface area contributed by atoms with Gasteiger partial charge in [-0.1, -0.05) is 25.1 Å². The molecule has 3 heteroatoms. The Kier molecular flexibility index (Phi) is 3.03. The molecule has 0 saturated carbocycles. The third-order valence-electron chi connectivity index (χ3n) is 2.45. The first-order valence-electron chi connectivity index (χ1n) is 4.95. The third-order valence-corrected chi connectivity index (χ3v) is 3.09. The van der Waals surface area contributed by atoms with Crippen molar-refractivity contribution in [2.45, 2.75) is 19.4 Å². The fourth-order valence-corrected chi connectivity index (χ4v) is 2.13. The molecule has 78 valence electrons. The van der Waals surface area contributed by atoms with Crippen LogP contribution in [0.4, 0.5) is 0 Å². The van der Waals surface area contributed by atoms with Gasteiger partial charge in [-0.25, -0.2) is 4.98 Å². The molecule has 1 heterocycles. The Hall–Kier alpha value is -0.930. The summed E-state index contributed by atoms with van der Waals surface area (Å²) < 4.78 is 0.732. The van der Waals surface area contributed by atoms with E-state index < -0.39 is 6.10 Å². The Balaban J connectivity index is 2.61. The molecule has 0 aliphatic heterocycles. The summed E-state index contributed by atoms with van der Waals surface area (Å²) >= 11 is 3.39. The highest BCUT2D eigenvalue weighted by molar-refractivity contribution is 9.10. The molecule has 0 aliphatic rings. The van der Waals surface area contributed by atoms with Crippen LogP contribution in [0.5, 0.6) is 0 Å². The fraction of sp³-hybridized carbons (Fsp3) is 0.250. The van der Waals surface area contributed by atoms with Crippen LogP contribution in [0.3, 0.4) is 0 Å². The molecule has 0 fully saturated rings. The number of nitrogens with zero attached hydrogens (tertiary/aromatic N) is 1. The van der Waals surface area contributed by atoms with E-state index in [-0.39, 0.29) is 0 Å². The molecule has 1 aromatic heterocycles. The number of rotatable bonds is 2. The second-order valence-electron chi connectivity index (χ2n) is 3.49. The first-order valence-corrected chi connectivity index (χ1v) is 5.75. The number of hydrogen-bond donors (Lipinski definition) is 1. The standard InChI is InChI=1S/C12H12BrNO/c1-2-11(15)9-7-8-5-3-4-6-10(8)14-12(9)13/h3-7,11,15H,2H2,1H3. The van der Waals surface area contributed by atoms with Crippen LogP contribution in [0.25, 0.3) is 10.9 Å². The number of aliphatic hydroxyl groups excluding tert-OH is 1. The molecule has 1 N–H and O–H groups in total. The fourth-order valence-electron chi connectivity index (χ4n) is 1.56. The molecule has 2 nitrogen and oxygen atoms in total. The Morgan fingerprint density at radius 1 is 1.40 bits per heavy atom. The molecular formula is C12H12BrNO. The van der Waals surface area contributed by atoms with Crippen molar-refractivity contribution in [3.63, 3.8) is 0 Å². The van der Waals surface area contributed by atoms with Crippen molar-refractivity contribution in [1.29, 1.82) is 0 Å². The topological polar surface area (TPSA) is 33.1 Å². The number of para-hydroxylation sites is 1. The Bertz CT molecular complexity index is 484. The predicted octanol–water partition coefficient (Wildman–Crippen LogP) is 3.44. The van der Waals surface area contributed by atoms with Crippen LogP contribution in [-0.4, -0.2) is 10.1 Å². The molecule has 0 radical (unpaired) electrons. The summed E-state index contributed by atoms with van der Waals surface area (Å²) in [6.07, 6.45) is 0.245. The molecule has 1 aromatic carbocycles. The lowest BCUT2D eigenvalue weighted by atomic mass is 10.1. The minimum Gasteiger partial charge on any atom is -0.388 e. The van der Waals surface area contributed by atoms with Crippen molar-refractivity contribution < 1.29 is 5.11 Å². The monoisotopic (exact) mass is 265 g/mol. The first kappa shape index (κ1) is 10.6. The van der Waals surface area contributed by atoms with Crippen molar-refractivity contribution >= 4 is 26.8 Å². The summed E-state index contributed by atoms with van der Waals surface area (Å²) in [5.41, 5.74) is 1.80. The quantitative estimate of drug-likeness (QED) is 0.844.